The first-order valence-electron chi connectivity index (χ1n) is 4.02. The topological polar surface area (TPSA) is 35.2 Å². The number of hydrogen-bond acceptors (Lipinski definition) is 2. The molecule has 0 aliphatic rings. The first-order chi connectivity index (χ1) is 6.61. The summed E-state index contributed by atoms with van der Waals surface area (Å²) in [5.41, 5.74) is 5.89. The van der Waals surface area contributed by atoms with Crippen molar-refractivity contribution in [3.05, 3.63) is 27.7 Å². The van der Waals surface area contributed by atoms with Crippen LogP contribution in [0.2, 0.25) is 0 Å². The average Bonchev–Trinajstić information content (AvgIpc) is 2.16. The molecule has 0 saturated heterocycles. The fourth-order valence-corrected chi connectivity index (χ4v) is 1.80. The molecule has 1 aromatic rings. The molecule has 5 heteroatoms. The van der Waals surface area contributed by atoms with Crippen molar-refractivity contribution in [3.63, 3.8) is 0 Å². The van der Waals surface area contributed by atoms with Gasteiger partial charge in [0.25, 0.3) is 0 Å². The van der Waals surface area contributed by atoms with Crippen LogP contribution in [0.1, 0.15) is 5.56 Å². The summed E-state index contributed by atoms with van der Waals surface area (Å²) in [5, 5.41) is 0. The van der Waals surface area contributed by atoms with E-state index in [9.17, 15) is 8.78 Å². The number of rotatable bonds is 3. The minimum Gasteiger partial charge on any atom is -0.495 e. The van der Waals surface area contributed by atoms with Crippen LogP contribution in [0.4, 0.5) is 8.78 Å². The largest absolute Gasteiger partial charge is 0.495 e. The molecule has 0 fully saturated rings. The highest BCUT2D eigenvalue weighted by Crippen LogP contribution is 2.33. The van der Waals surface area contributed by atoms with Crippen LogP contribution in [0.25, 0.3) is 0 Å². The first kappa shape index (κ1) is 11.4. The molecule has 2 nitrogen and oxygen atoms in total. The van der Waals surface area contributed by atoms with Gasteiger partial charge in [0.1, 0.15) is 5.75 Å². The predicted molar refractivity (Wildman–Crippen MR) is 53.4 cm³/mol. The Balaban J connectivity index is 3.28. The van der Waals surface area contributed by atoms with Crippen LogP contribution in [0.3, 0.4) is 0 Å². The molecular formula is C9H10BrF2NO. The molecule has 1 aromatic carbocycles. The van der Waals surface area contributed by atoms with E-state index in [1.165, 1.54) is 7.11 Å². The van der Waals surface area contributed by atoms with Crippen LogP contribution in [-0.2, 0) is 6.42 Å². The van der Waals surface area contributed by atoms with Gasteiger partial charge in [-0.25, -0.2) is 8.78 Å². The minimum absolute atomic E-state index is 0.00319. The Kier molecular flexibility index (Phi) is 3.83. The van der Waals surface area contributed by atoms with Crippen LogP contribution < -0.4 is 10.5 Å². The van der Waals surface area contributed by atoms with Crippen molar-refractivity contribution < 1.29 is 13.5 Å². The highest BCUT2D eigenvalue weighted by Gasteiger charge is 2.16. The van der Waals surface area contributed by atoms with Gasteiger partial charge in [-0.1, -0.05) is 0 Å². The maximum Gasteiger partial charge on any atom is 0.176 e. The van der Waals surface area contributed by atoms with E-state index < -0.39 is 11.6 Å². The molecule has 1 rings (SSSR count). The molecule has 78 valence electrons. The van der Waals surface area contributed by atoms with E-state index in [0.717, 1.165) is 6.07 Å². The zero-order chi connectivity index (χ0) is 10.7. The first-order valence-corrected chi connectivity index (χ1v) is 4.81. The highest BCUT2D eigenvalue weighted by atomic mass is 79.9. The molecule has 0 aliphatic carbocycles. The normalized spacial score (nSPS) is 10.4. The molecule has 0 heterocycles. The maximum atomic E-state index is 13.1. The van der Waals surface area contributed by atoms with Gasteiger partial charge in [-0.15, -0.1) is 0 Å². The van der Waals surface area contributed by atoms with Gasteiger partial charge in [-0.3, -0.25) is 0 Å². The zero-order valence-electron chi connectivity index (χ0n) is 7.61. The lowest BCUT2D eigenvalue weighted by Gasteiger charge is -2.10. The van der Waals surface area contributed by atoms with Gasteiger partial charge in [-0.05, 0) is 40.5 Å². The Hall–Kier alpha value is -0.680. The zero-order valence-corrected chi connectivity index (χ0v) is 9.20. The fourth-order valence-electron chi connectivity index (χ4n) is 1.19. The van der Waals surface area contributed by atoms with Crippen molar-refractivity contribution in [2.24, 2.45) is 5.73 Å². The van der Waals surface area contributed by atoms with Crippen molar-refractivity contribution in [2.45, 2.75) is 6.42 Å². The Morgan fingerprint density at radius 2 is 2.14 bits per heavy atom. The highest BCUT2D eigenvalue weighted by molar-refractivity contribution is 9.10. The molecule has 0 atom stereocenters. The van der Waals surface area contributed by atoms with Gasteiger partial charge in [0.15, 0.2) is 11.6 Å². The number of halogens is 3. The molecule has 0 aromatic heterocycles. The lowest BCUT2D eigenvalue weighted by atomic mass is 10.1. The minimum atomic E-state index is -0.942. The van der Waals surface area contributed by atoms with E-state index in [1.54, 1.807) is 0 Å². The third kappa shape index (κ3) is 2.04. The van der Waals surface area contributed by atoms with Crippen LogP contribution in [0.15, 0.2) is 10.5 Å². The summed E-state index contributed by atoms with van der Waals surface area (Å²) in [6.07, 6.45) is 0.443. The monoisotopic (exact) mass is 265 g/mol. The summed E-state index contributed by atoms with van der Waals surface area (Å²) in [6, 6.07) is 1.10. The van der Waals surface area contributed by atoms with E-state index in [-0.39, 0.29) is 4.47 Å². The van der Waals surface area contributed by atoms with Crippen LogP contribution in [-0.4, -0.2) is 13.7 Å². The molecule has 14 heavy (non-hydrogen) atoms. The third-order valence-electron chi connectivity index (χ3n) is 1.81. The summed E-state index contributed by atoms with van der Waals surface area (Å²) < 4.78 is 31.0. The molecule has 0 spiro atoms. The smallest absolute Gasteiger partial charge is 0.176 e. The van der Waals surface area contributed by atoms with E-state index in [4.69, 9.17) is 10.5 Å². The lowest BCUT2D eigenvalue weighted by Crippen LogP contribution is -2.06. The standard InChI is InChI=1S/C9H10BrF2NO/c1-14-9-5(2-3-13)4-6(11)8(12)7(9)10/h4H,2-3,13H2,1H3. The van der Waals surface area contributed by atoms with Gasteiger partial charge in [-0.2, -0.15) is 0 Å². The van der Waals surface area contributed by atoms with Crippen molar-refractivity contribution >= 4 is 15.9 Å². The number of hydrogen-bond donors (Lipinski definition) is 1. The Bertz CT molecular complexity index is 344. The summed E-state index contributed by atoms with van der Waals surface area (Å²) in [4.78, 5) is 0. The van der Waals surface area contributed by atoms with Gasteiger partial charge in [0.05, 0.1) is 11.6 Å². The second-order valence-corrected chi connectivity index (χ2v) is 3.51. The van der Waals surface area contributed by atoms with E-state index in [2.05, 4.69) is 15.9 Å². The molecule has 0 radical (unpaired) electrons. The van der Waals surface area contributed by atoms with Gasteiger partial charge in [0, 0.05) is 0 Å². The summed E-state index contributed by atoms with van der Waals surface area (Å²) in [5.74, 6) is -1.54. The van der Waals surface area contributed by atoms with Gasteiger partial charge in [0.2, 0.25) is 0 Å². The molecule has 2 N–H and O–H groups in total. The second-order valence-electron chi connectivity index (χ2n) is 2.72. The average molecular weight is 266 g/mol. The molecule has 0 amide bonds. The Labute approximate surface area is 89.2 Å². The molecular weight excluding hydrogens is 256 g/mol. The second kappa shape index (κ2) is 4.70. The van der Waals surface area contributed by atoms with Crippen molar-refractivity contribution in [1.82, 2.24) is 0 Å². The van der Waals surface area contributed by atoms with Crippen LogP contribution in [0, 0.1) is 11.6 Å². The molecule has 0 saturated carbocycles. The predicted octanol–water partition coefficient (Wildman–Crippen LogP) is 2.24. The number of benzene rings is 1. The van der Waals surface area contributed by atoms with Gasteiger partial charge >= 0.3 is 0 Å². The number of nitrogens with two attached hydrogens (primary N) is 1. The summed E-state index contributed by atoms with van der Waals surface area (Å²) in [6.45, 7) is 0.355. The van der Waals surface area contributed by atoms with Crippen LogP contribution >= 0.6 is 15.9 Å². The maximum absolute atomic E-state index is 13.1. The summed E-state index contributed by atoms with van der Waals surface area (Å²) in [7, 11) is 1.40. The SMILES string of the molecule is COc1c(CCN)cc(F)c(F)c1Br. The quantitative estimate of drug-likeness (QED) is 0.851. The molecule has 0 unspecified atom stereocenters. The van der Waals surface area contributed by atoms with Crippen molar-refractivity contribution in [1.29, 1.82) is 0 Å². The number of ether oxygens (including phenoxy) is 1. The molecule has 0 bridgehead atoms. The Morgan fingerprint density at radius 3 is 2.64 bits per heavy atom. The molecule has 0 aliphatic heterocycles. The van der Waals surface area contributed by atoms with E-state index in [1.807, 2.05) is 0 Å². The van der Waals surface area contributed by atoms with Crippen molar-refractivity contribution in [3.8, 4) is 5.75 Å². The van der Waals surface area contributed by atoms with E-state index >= 15 is 0 Å². The van der Waals surface area contributed by atoms with Gasteiger partial charge < -0.3 is 10.5 Å². The third-order valence-corrected chi connectivity index (χ3v) is 2.52. The summed E-state index contributed by atoms with van der Waals surface area (Å²) >= 11 is 2.93. The fraction of sp³-hybridized carbons (Fsp3) is 0.333. The van der Waals surface area contributed by atoms with E-state index in [0.29, 0.717) is 24.3 Å². The number of methoxy groups -OCH3 is 1. The lowest BCUT2D eigenvalue weighted by molar-refractivity contribution is 0.396. The van der Waals surface area contributed by atoms with Crippen LogP contribution in [0.5, 0.6) is 5.75 Å². The van der Waals surface area contributed by atoms with Crippen molar-refractivity contribution in [2.75, 3.05) is 13.7 Å². The Morgan fingerprint density at radius 1 is 1.50 bits per heavy atom.